The van der Waals surface area contributed by atoms with Crippen LogP contribution in [-0.2, 0) is 6.54 Å². The summed E-state index contributed by atoms with van der Waals surface area (Å²) in [7, 11) is 1.65. The molecular formula is C26H30N4O4. The first-order chi connectivity index (χ1) is 16.6. The predicted octanol–water partition coefficient (Wildman–Crippen LogP) is 2.90. The van der Waals surface area contributed by atoms with E-state index in [1.165, 1.54) is 16.8 Å². The molecule has 4 rings (SSSR count). The molecule has 1 saturated heterocycles. The van der Waals surface area contributed by atoms with Crippen molar-refractivity contribution in [3.8, 4) is 11.5 Å². The molecule has 0 aliphatic carbocycles. The average molecular weight is 463 g/mol. The molecule has 0 saturated carbocycles. The van der Waals surface area contributed by atoms with E-state index < -0.39 is 0 Å². The van der Waals surface area contributed by atoms with E-state index in [9.17, 15) is 9.59 Å². The lowest BCUT2D eigenvalue weighted by molar-refractivity contribution is 0.0930. The molecule has 2 aromatic carbocycles. The largest absolute Gasteiger partial charge is 0.497 e. The maximum Gasteiger partial charge on any atom is 0.271 e. The van der Waals surface area contributed by atoms with Crippen molar-refractivity contribution in [3.63, 3.8) is 0 Å². The van der Waals surface area contributed by atoms with Gasteiger partial charge < -0.3 is 14.8 Å². The van der Waals surface area contributed by atoms with Gasteiger partial charge in [-0.1, -0.05) is 30.3 Å². The topological polar surface area (TPSA) is 85.7 Å². The van der Waals surface area contributed by atoms with Gasteiger partial charge in [-0.15, -0.1) is 0 Å². The molecular weight excluding hydrogens is 432 g/mol. The SMILES string of the molecule is COc1cccc(C(CNC(=O)c2ccc(=O)n(CCOc3ccccc3)n2)N2CCCC2)c1. The first kappa shape index (κ1) is 23.5. The van der Waals surface area contributed by atoms with E-state index in [1.54, 1.807) is 7.11 Å². The highest BCUT2D eigenvalue weighted by molar-refractivity contribution is 5.92. The Morgan fingerprint density at radius 3 is 2.56 bits per heavy atom. The fraction of sp³-hybridized carbons (Fsp3) is 0.346. The van der Waals surface area contributed by atoms with E-state index >= 15 is 0 Å². The van der Waals surface area contributed by atoms with E-state index in [0.717, 1.165) is 43.0 Å². The maximum atomic E-state index is 12.9. The monoisotopic (exact) mass is 462 g/mol. The number of rotatable bonds is 10. The number of aromatic nitrogens is 2. The van der Waals surface area contributed by atoms with Crippen LogP contribution in [-0.4, -0.2) is 53.9 Å². The summed E-state index contributed by atoms with van der Waals surface area (Å²) < 4.78 is 12.3. The number of carbonyl (C=O) groups is 1. The Kier molecular flexibility index (Phi) is 7.93. The number of likely N-dealkylation sites (tertiary alicyclic amines) is 1. The van der Waals surface area contributed by atoms with Gasteiger partial charge in [0.15, 0.2) is 0 Å². The number of ether oxygens (including phenoxy) is 2. The van der Waals surface area contributed by atoms with Crippen LogP contribution in [0.2, 0.25) is 0 Å². The minimum absolute atomic E-state index is 0.0340. The third-order valence-corrected chi connectivity index (χ3v) is 5.93. The first-order valence-corrected chi connectivity index (χ1v) is 11.6. The standard InChI is InChI=1S/C26H30N4O4/c1-33-22-11-7-8-20(18-22)24(29-14-5-6-15-29)19-27-26(32)23-12-13-25(31)30(28-23)16-17-34-21-9-3-2-4-10-21/h2-4,7-13,18,24H,5-6,14-17,19H2,1H3,(H,27,32). The number of hydrogen-bond acceptors (Lipinski definition) is 6. The van der Waals surface area contributed by atoms with Gasteiger partial charge in [-0.3, -0.25) is 14.5 Å². The maximum absolute atomic E-state index is 12.9. The van der Waals surface area contributed by atoms with Crippen LogP contribution in [0.25, 0.3) is 0 Å². The highest BCUT2D eigenvalue weighted by Crippen LogP contribution is 2.27. The Morgan fingerprint density at radius 1 is 1.03 bits per heavy atom. The average Bonchev–Trinajstić information content (AvgIpc) is 3.40. The number of hydrogen-bond donors (Lipinski definition) is 1. The van der Waals surface area contributed by atoms with Crippen molar-refractivity contribution in [3.05, 3.63) is 88.3 Å². The highest BCUT2D eigenvalue weighted by atomic mass is 16.5. The van der Waals surface area contributed by atoms with Crippen molar-refractivity contribution in [1.29, 1.82) is 0 Å². The van der Waals surface area contributed by atoms with Crippen molar-refractivity contribution in [2.75, 3.05) is 33.4 Å². The smallest absolute Gasteiger partial charge is 0.271 e. The van der Waals surface area contributed by atoms with Crippen LogP contribution >= 0.6 is 0 Å². The summed E-state index contributed by atoms with van der Waals surface area (Å²) in [6.07, 6.45) is 2.29. The Labute approximate surface area is 199 Å². The molecule has 1 amide bonds. The summed E-state index contributed by atoms with van der Waals surface area (Å²) in [5.74, 6) is 1.19. The van der Waals surface area contributed by atoms with E-state index in [2.05, 4.69) is 21.4 Å². The van der Waals surface area contributed by atoms with Crippen LogP contribution in [0.15, 0.2) is 71.5 Å². The zero-order valence-electron chi connectivity index (χ0n) is 19.4. The number of amides is 1. The summed E-state index contributed by atoms with van der Waals surface area (Å²) in [5.41, 5.74) is 1.02. The number of carbonyl (C=O) groups excluding carboxylic acids is 1. The second-order valence-corrected chi connectivity index (χ2v) is 8.19. The van der Waals surface area contributed by atoms with Gasteiger partial charge >= 0.3 is 0 Å². The minimum atomic E-state index is -0.315. The molecule has 0 bridgehead atoms. The normalized spacial score (nSPS) is 14.5. The summed E-state index contributed by atoms with van der Waals surface area (Å²) in [6, 6.07) is 20.2. The van der Waals surface area contributed by atoms with Gasteiger partial charge in [0.1, 0.15) is 23.8 Å². The molecule has 1 aromatic heterocycles. The van der Waals surface area contributed by atoms with Crippen molar-refractivity contribution in [2.24, 2.45) is 0 Å². The lowest BCUT2D eigenvalue weighted by Crippen LogP contribution is -2.38. The van der Waals surface area contributed by atoms with E-state index in [4.69, 9.17) is 9.47 Å². The van der Waals surface area contributed by atoms with Crippen LogP contribution < -0.4 is 20.3 Å². The molecule has 1 unspecified atom stereocenters. The van der Waals surface area contributed by atoms with Crippen LogP contribution in [0, 0.1) is 0 Å². The summed E-state index contributed by atoms with van der Waals surface area (Å²) >= 11 is 0. The zero-order valence-corrected chi connectivity index (χ0v) is 19.4. The Hall–Kier alpha value is -3.65. The van der Waals surface area contributed by atoms with Crippen LogP contribution in [0.4, 0.5) is 0 Å². The highest BCUT2D eigenvalue weighted by Gasteiger charge is 2.25. The molecule has 3 aromatic rings. The molecule has 0 spiro atoms. The van der Waals surface area contributed by atoms with E-state index in [-0.39, 0.29) is 36.4 Å². The lowest BCUT2D eigenvalue weighted by Gasteiger charge is -2.28. The summed E-state index contributed by atoms with van der Waals surface area (Å²) in [4.78, 5) is 27.5. The van der Waals surface area contributed by atoms with Gasteiger partial charge in [0.25, 0.3) is 11.5 Å². The Balaban J connectivity index is 1.41. The molecule has 1 N–H and O–H groups in total. The second kappa shape index (κ2) is 11.5. The van der Waals surface area contributed by atoms with Gasteiger partial charge in [0.2, 0.25) is 0 Å². The van der Waals surface area contributed by atoms with E-state index in [1.807, 2.05) is 48.5 Å². The quantitative estimate of drug-likeness (QED) is 0.499. The molecule has 8 heteroatoms. The van der Waals surface area contributed by atoms with Gasteiger partial charge in [-0.05, 0) is 61.8 Å². The van der Waals surface area contributed by atoms with Crippen molar-refractivity contribution >= 4 is 5.91 Å². The zero-order chi connectivity index (χ0) is 23.8. The molecule has 0 radical (unpaired) electrons. The fourth-order valence-electron chi connectivity index (χ4n) is 4.14. The molecule has 178 valence electrons. The van der Waals surface area contributed by atoms with Crippen LogP contribution in [0.1, 0.15) is 34.9 Å². The van der Waals surface area contributed by atoms with E-state index in [0.29, 0.717) is 6.54 Å². The summed E-state index contributed by atoms with van der Waals surface area (Å²) in [6.45, 7) is 2.93. The lowest BCUT2D eigenvalue weighted by atomic mass is 10.0. The number of nitrogens with one attached hydrogen (secondary N) is 1. The van der Waals surface area contributed by atoms with Crippen molar-refractivity contribution in [1.82, 2.24) is 20.0 Å². The molecule has 1 atom stereocenters. The molecule has 2 heterocycles. The molecule has 34 heavy (non-hydrogen) atoms. The molecule has 1 aliphatic rings. The molecule has 1 aliphatic heterocycles. The minimum Gasteiger partial charge on any atom is -0.497 e. The number of methoxy groups -OCH3 is 1. The van der Waals surface area contributed by atoms with Gasteiger partial charge in [-0.2, -0.15) is 5.10 Å². The van der Waals surface area contributed by atoms with Gasteiger partial charge in [0, 0.05) is 12.6 Å². The third-order valence-electron chi connectivity index (χ3n) is 5.93. The third kappa shape index (κ3) is 6.02. The fourth-order valence-corrected chi connectivity index (χ4v) is 4.14. The first-order valence-electron chi connectivity index (χ1n) is 11.6. The van der Waals surface area contributed by atoms with Gasteiger partial charge in [-0.25, -0.2) is 4.68 Å². The predicted molar refractivity (Wildman–Crippen MR) is 129 cm³/mol. The van der Waals surface area contributed by atoms with Crippen molar-refractivity contribution < 1.29 is 14.3 Å². The number of para-hydroxylation sites is 1. The Bertz CT molecular complexity index is 1140. The van der Waals surface area contributed by atoms with Crippen LogP contribution in [0.5, 0.6) is 11.5 Å². The van der Waals surface area contributed by atoms with Crippen LogP contribution in [0.3, 0.4) is 0 Å². The number of nitrogens with zero attached hydrogens (tertiary/aromatic N) is 3. The Morgan fingerprint density at radius 2 is 1.79 bits per heavy atom. The van der Waals surface area contributed by atoms with Gasteiger partial charge in [0.05, 0.1) is 19.7 Å². The van der Waals surface area contributed by atoms with Crippen molar-refractivity contribution in [2.45, 2.75) is 25.4 Å². The second-order valence-electron chi connectivity index (χ2n) is 8.19. The molecule has 8 nitrogen and oxygen atoms in total. The molecule has 1 fully saturated rings. The summed E-state index contributed by atoms with van der Waals surface area (Å²) in [5, 5.41) is 7.27. The number of benzene rings is 2.